The Morgan fingerprint density at radius 2 is 2.06 bits per heavy atom. The van der Waals surface area contributed by atoms with E-state index in [1.54, 1.807) is 11.3 Å². The number of halogens is 1. The summed E-state index contributed by atoms with van der Waals surface area (Å²) in [6, 6.07) is 6.67. The van der Waals surface area contributed by atoms with Gasteiger partial charge in [-0.05, 0) is 50.6 Å². The molecule has 0 aliphatic heterocycles. The molecular weight excluding hydrogens is 282 g/mol. The van der Waals surface area contributed by atoms with Crippen LogP contribution in [-0.4, -0.2) is 6.54 Å². The van der Waals surface area contributed by atoms with Gasteiger partial charge in [0.15, 0.2) is 0 Å². The van der Waals surface area contributed by atoms with Crippen molar-refractivity contribution in [2.45, 2.75) is 33.2 Å². The predicted octanol–water partition coefficient (Wildman–Crippen LogP) is 5.17. The smallest absolute Gasteiger partial charge is 0.0931 e. The normalized spacial score (nSPS) is 12.9. The molecule has 0 aromatic carbocycles. The summed E-state index contributed by atoms with van der Waals surface area (Å²) in [6.07, 6.45) is 1.14. The van der Waals surface area contributed by atoms with E-state index in [2.05, 4.69) is 38.2 Å². The van der Waals surface area contributed by atoms with Crippen molar-refractivity contribution >= 4 is 34.3 Å². The molecule has 18 heavy (non-hydrogen) atoms. The van der Waals surface area contributed by atoms with Gasteiger partial charge < -0.3 is 5.32 Å². The number of aryl methyl sites for hydroxylation is 2. The Labute approximate surface area is 122 Å². The van der Waals surface area contributed by atoms with Crippen molar-refractivity contribution in [3.05, 3.63) is 42.7 Å². The Morgan fingerprint density at radius 1 is 1.28 bits per heavy atom. The number of hydrogen-bond acceptors (Lipinski definition) is 3. The van der Waals surface area contributed by atoms with Gasteiger partial charge in [-0.1, -0.05) is 18.5 Å². The van der Waals surface area contributed by atoms with E-state index in [0.717, 1.165) is 17.3 Å². The van der Waals surface area contributed by atoms with Crippen molar-refractivity contribution in [3.63, 3.8) is 0 Å². The summed E-state index contributed by atoms with van der Waals surface area (Å²) in [5.74, 6) is 0. The van der Waals surface area contributed by atoms with E-state index in [0.29, 0.717) is 6.04 Å². The second-order valence-electron chi connectivity index (χ2n) is 4.43. The molecule has 0 amide bonds. The summed E-state index contributed by atoms with van der Waals surface area (Å²) in [5.41, 5.74) is 1.37. The molecule has 1 N–H and O–H groups in total. The van der Waals surface area contributed by atoms with Crippen LogP contribution in [0.25, 0.3) is 0 Å². The van der Waals surface area contributed by atoms with Gasteiger partial charge in [-0.25, -0.2) is 0 Å². The van der Waals surface area contributed by atoms with E-state index in [1.165, 1.54) is 20.2 Å². The number of thiophene rings is 2. The molecule has 0 spiro atoms. The number of rotatable bonds is 5. The molecule has 2 heterocycles. The summed E-state index contributed by atoms with van der Waals surface area (Å²) in [7, 11) is 0. The van der Waals surface area contributed by atoms with Crippen LogP contribution in [0.5, 0.6) is 0 Å². The predicted molar refractivity (Wildman–Crippen MR) is 83.3 cm³/mol. The third-order valence-electron chi connectivity index (χ3n) is 2.82. The van der Waals surface area contributed by atoms with Gasteiger partial charge in [-0.2, -0.15) is 0 Å². The Kier molecular flexibility index (Phi) is 4.84. The Balaban J connectivity index is 2.33. The van der Waals surface area contributed by atoms with E-state index in [1.807, 2.05) is 17.4 Å². The van der Waals surface area contributed by atoms with Gasteiger partial charge in [0, 0.05) is 14.6 Å². The van der Waals surface area contributed by atoms with Crippen LogP contribution in [0.15, 0.2) is 18.2 Å². The molecule has 2 aromatic heterocycles. The largest absolute Gasteiger partial charge is 0.305 e. The molecule has 0 aliphatic carbocycles. The molecule has 0 bridgehead atoms. The fourth-order valence-electron chi connectivity index (χ4n) is 2.04. The van der Waals surface area contributed by atoms with E-state index in [9.17, 15) is 0 Å². The van der Waals surface area contributed by atoms with Crippen LogP contribution in [0.1, 0.15) is 39.6 Å². The average molecular weight is 300 g/mol. The maximum absolute atomic E-state index is 6.07. The molecule has 1 nitrogen and oxygen atoms in total. The van der Waals surface area contributed by atoms with Gasteiger partial charge in [0.1, 0.15) is 0 Å². The van der Waals surface area contributed by atoms with Crippen LogP contribution >= 0.6 is 34.3 Å². The fraction of sp³-hybridized carbons (Fsp3) is 0.429. The highest BCUT2D eigenvalue weighted by molar-refractivity contribution is 7.16. The lowest BCUT2D eigenvalue weighted by atomic mass is 10.1. The summed E-state index contributed by atoms with van der Waals surface area (Å²) >= 11 is 9.61. The molecule has 0 radical (unpaired) electrons. The van der Waals surface area contributed by atoms with Crippen molar-refractivity contribution in [1.82, 2.24) is 5.32 Å². The topological polar surface area (TPSA) is 12.0 Å². The SMILES string of the molecule is CCCNC(c1ccc(Cl)s1)c1sc(C)cc1C. The first-order valence-corrected chi connectivity index (χ1v) is 8.18. The van der Waals surface area contributed by atoms with Crippen molar-refractivity contribution in [1.29, 1.82) is 0 Å². The lowest BCUT2D eigenvalue weighted by molar-refractivity contribution is 0.611. The van der Waals surface area contributed by atoms with Crippen molar-refractivity contribution in [2.24, 2.45) is 0 Å². The molecule has 0 aliphatic rings. The van der Waals surface area contributed by atoms with Crippen LogP contribution in [0, 0.1) is 13.8 Å². The standard InChI is InChI=1S/C14H18ClNS2/c1-4-7-16-13(11-5-6-12(15)18-11)14-9(2)8-10(3)17-14/h5-6,8,13,16H,4,7H2,1-3H3. The Bertz CT molecular complexity index is 516. The van der Waals surface area contributed by atoms with Crippen molar-refractivity contribution < 1.29 is 0 Å². The molecule has 4 heteroatoms. The van der Waals surface area contributed by atoms with E-state index in [4.69, 9.17) is 11.6 Å². The first-order chi connectivity index (χ1) is 8.61. The van der Waals surface area contributed by atoms with Gasteiger partial charge in [0.2, 0.25) is 0 Å². The summed E-state index contributed by atoms with van der Waals surface area (Å²) < 4.78 is 0.860. The monoisotopic (exact) mass is 299 g/mol. The van der Waals surface area contributed by atoms with Crippen LogP contribution in [0.2, 0.25) is 4.34 Å². The zero-order valence-corrected chi connectivity index (χ0v) is 13.3. The summed E-state index contributed by atoms with van der Waals surface area (Å²) in [4.78, 5) is 4.09. The lowest BCUT2D eigenvalue weighted by Gasteiger charge is -2.16. The first-order valence-electron chi connectivity index (χ1n) is 6.17. The summed E-state index contributed by atoms with van der Waals surface area (Å²) in [5, 5.41) is 3.63. The highest BCUT2D eigenvalue weighted by Gasteiger charge is 2.19. The molecular formula is C14H18ClNS2. The van der Waals surface area contributed by atoms with Gasteiger partial charge in [-0.15, -0.1) is 22.7 Å². The molecule has 2 rings (SSSR count). The molecule has 0 saturated heterocycles. The van der Waals surface area contributed by atoms with E-state index < -0.39 is 0 Å². The van der Waals surface area contributed by atoms with Crippen LogP contribution in [-0.2, 0) is 0 Å². The highest BCUT2D eigenvalue weighted by Crippen LogP contribution is 2.36. The third kappa shape index (κ3) is 3.15. The Hall–Kier alpha value is -0.350. The highest BCUT2D eigenvalue weighted by atomic mass is 35.5. The van der Waals surface area contributed by atoms with E-state index in [-0.39, 0.29) is 0 Å². The molecule has 1 unspecified atom stereocenters. The lowest BCUT2D eigenvalue weighted by Crippen LogP contribution is -2.22. The number of hydrogen-bond donors (Lipinski definition) is 1. The average Bonchev–Trinajstić information content (AvgIpc) is 2.87. The van der Waals surface area contributed by atoms with Gasteiger partial charge in [-0.3, -0.25) is 0 Å². The summed E-state index contributed by atoms with van der Waals surface area (Å²) in [6.45, 7) is 7.57. The maximum atomic E-state index is 6.07. The second-order valence-corrected chi connectivity index (χ2v) is 7.47. The zero-order chi connectivity index (χ0) is 13.1. The minimum absolute atomic E-state index is 0.293. The minimum Gasteiger partial charge on any atom is -0.305 e. The van der Waals surface area contributed by atoms with Crippen molar-refractivity contribution in [2.75, 3.05) is 6.54 Å². The third-order valence-corrected chi connectivity index (χ3v) is 5.33. The number of nitrogens with one attached hydrogen (secondary N) is 1. The second kappa shape index (κ2) is 6.20. The van der Waals surface area contributed by atoms with Gasteiger partial charge >= 0.3 is 0 Å². The minimum atomic E-state index is 0.293. The van der Waals surface area contributed by atoms with Gasteiger partial charge in [0.25, 0.3) is 0 Å². The van der Waals surface area contributed by atoms with Crippen LogP contribution < -0.4 is 5.32 Å². The molecule has 2 aromatic rings. The van der Waals surface area contributed by atoms with Crippen LogP contribution in [0.3, 0.4) is 0 Å². The maximum Gasteiger partial charge on any atom is 0.0931 e. The fourth-order valence-corrected chi connectivity index (χ4v) is 4.39. The molecule has 0 fully saturated rings. The van der Waals surface area contributed by atoms with Crippen LogP contribution in [0.4, 0.5) is 0 Å². The van der Waals surface area contributed by atoms with E-state index >= 15 is 0 Å². The molecule has 1 atom stereocenters. The Morgan fingerprint density at radius 3 is 2.56 bits per heavy atom. The van der Waals surface area contributed by atoms with Gasteiger partial charge in [0.05, 0.1) is 10.4 Å². The molecule has 0 saturated carbocycles. The zero-order valence-electron chi connectivity index (χ0n) is 10.9. The molecule has 98 valence electrons. The quantitative estimate of drug-likeness (QED) is 0.803. The van der Waals surface area contributed by atoms with Crippen molar-refractivity contribution in [3.8, 4) is 0 Å². The first kappa shape index (κ1) is 14.1.